The van der Waals surface area contributed by atoms with Gasteiger partial charge in [-0.3, -0.25) is 4.98 Å². The molecule has 0 aliphatic rings. The van der Waals surface area contributed by atoms with Crippen LogP contribution in [0.25, 0.3) is 0 Å². The first-order valence-electron chi connectivity index (χ1n) is 9.64. The zero-order valence-electron chi connectivity index (χ0n) is 17.1. The molecule has 172 valence electrons. The molecule has 2 heterocycles. The molecule has 1 N–H and O–H groups in total. The van der Waals surface area contributed by atoms with Crippen molar-refractivity contribution in [3.05, 3.63) is 94.8 Å². The van der Waals surface area contributed by atoms with Gasteiger partial charge in [0, 0.05) is 10.6 Å². The van der Waals surface area contributed by atoms with Crippen molar-refractivity contribution < 1.29 is 23.0 Å². The highest BCUT2D eigenvalue weighted by molar-refractivity contribution is 6.30. The number of halogens is 4. The molecule has 0 amide bonds. The van der Waals surface area contributed by atoms with E-state index in [9.17, 15) is 9.50 Å². The summed E-state index contributed by atoms with van der Waals surface area (Å²) < 4.78 is 51.7. The van der Waals surface area contributed by atoms with E-state index in [2.05, 4.69) is 20.4 Å². The summed E-state index contributed by atoms with van der Waals surface area (Å²) in [4.78, 5) is 4.46. The van der Waals surface area contributed by atoms with Crippen LogP contribution in [-0.2, 0) is 18.1 Å². The van der Waals surface area contributed by atoms with Gasteiger partial charge in [0.2, 0.25) is 0 Å². The Morgan fingerprint density at radius 3 is 2.41 bits per heavy atom. The molecule has 4 aromatic rings. The monoisotopic (exact) mass is 486 g/mol. The molecule has 1 atom stereocenters. The lowest BCUT2D eigenvalue weighted by Gasteiger charge is -2.35. The highest BCUT2D eigenvalue weighted by Gasteiger charge is 2.58. The smallest absolute Gasteiger partial charge is 0.323 e. The maximum Gasteiger partial charge on any atom is 0.323 e. The maximum absolute atomic E-state index is 15.7. The van der Waals surface area contributed by atoms with E-state index < -0.39 is 35.1 Å². The minimum Gasteiger partial charge on any atom is -0.456 e. The molecule has 1 unspecified atom stereocenters. The number of tetrazole rings is 1. The Morgan fingerprint density at radius 2 is 1.82 bits per heavy atom. The number of hydrogen-bond acceptors (Lipinski definition) is 7. The molecule has 2 aromatic carbocycles. The van der Waals surface area contributed by atoms with Crippen molar-refractivity contribution in [2.75, 3.05) is 0 Å². The second-order valence-corrected chi connectivity index (χ2v) is 7.58. The standard InChI is InChI=1S/C22H14ClF3N6O2/c23-15-3-7-18(19(24)9-15)21(33,12-32-30-13-29-31-32)22(25,26)20-8-6-17(11-28-20)34-16-4-1-14(10-27)2-5-16/h1-9,11,13,33H,12H2. The third kappa shape index (κ3) is 4.41. The fourth-order valence-electron chi connectivity index (χ4n) is 3.22. The number of hydrogen-bond donors (Lipinski definition) is 1. The Kier molecular flexibility index (Phi) is 6.19. The number of aromatic nitrogens is 5. The summed E-state index contributed by atoms with van der Waals surface area (Å²) in [7, 11) is 0. The lowest BCUT2D eigenvalue weighted by atomic mass is 9.84. The summed E-state index contributed by atoms with van der Waals surface area (Å²) in [6.07, 6.45) is 2.03. The Bertz CT molecular complexity index is 1330. The van der Waals surface area contributed by atoms with E-state index in [0.29, 0.717) is 16.1 Å². The van der Waals surface area contributed by atoms with Crippen LogP contribution in [-0.4, -0.2) is 30.3 Å². The highest BCUT2D eigenvalue weighted by Crippen LogP contribution is 2.47. The number of aliphatic hydroxyl groups is 1. The van der Waals surface area contributed by atoms with Crippen molar-refractivity contribution in [2.24, 2.45) is 0 Å². The molecule has 8 nitrogen and oxygen atoms in total. The maximum atomic E-state index is 15.7. The van der Waals surface area contributed by atoms with Gasteiger partial charge in [-0.25, -0.2) is 4.39 Å². The second kappa shape index (κ2) is 9.09. The van der Waals surface area contributed by atoms with E-state index in [4.69, 9.17) is 21.6 Å². The second-order valence-electron chi connectivity index (χ2n) is 7.14. The number of alkyl halides is 2. The van der Waals surface area contributed by atoms with E-state index in [1.807, 2.05) is 6.07 Å². The zero-order chi connectivity index (χ0) is 24.3. The summed E-state index contributed by atoms with van der Waals surface area (Å²) in [6, 6.07) is 13.2. The normalized spacial score (nSPS) is 13.2. The number of benzene rings is 2. The van der Waals surface area contributed by atoms with E-state index >= 15 is 8.78 Å². The molecule has 2 aromatic heterocycles. The van der Waals surface area contributed by atoms with Crippen LogP contribution < -0.4 is 4.74 Å². The predicted molar refractivity (Wildman–Crippen MR) is 112 cm³/mol. The SMILES string of the molecule is N#Cc1ccc(Oc2ccc(C(F)(F)C(O)(Cn3ncnn3)c3ccc(Cl)cc3F)nc2)cc1. The molecule has 0 aliphatic carbocycles. The summed E-state index contributed by atoms with van der Waals surface area (Å²) >= 11 is 5.75. The summed E-state index contributed by atoms with van der Waals surface area (Å²) in [5.41, 5.74) is -4.29. The van der Waals surface area contributed by atoms with Crippen LogP contribution in [0.1, 0.15) is 16.8 Å². The van der Waals surface area contributed by atoms with Crippen LogP contribution in [0.4, 0.5) is 13.2 Å². The fourth-order valence-corrected chi connectivity index (χ4v) is 3.37. The van der Waals surface area contributed by atoms with Gasteiger partial charge in [-0.1, -0.05) is 17.7 Å². The van der Waals surface area contributed by atoms with Crippen molar-refractivity contribution in [1.82, 2.24) is 25.2 Å². The third-order valence-corrected chi connectivity index (χ3v) is 5.17. The van der Waals surface area contributed by atoms with E-state index in [1.54, 1.807) is 0 Å². The van der Waals surface area contributed by atoms with Crippen LogP contribution >= 0.6 is 11.6 Å². The van der Waals surface area contributed by atoms with Gasteiger partial charge in [-0.05, 0) is 53.7 Å². The molecule has 0 bridgehead atoms. The minimum absolute atomic E-state index is 0.0340. The average molecular weight is 487 g/mol. The first kappa shape index (κ1) is 23.2. The number of pyridine rings is 1. The Balaban J connectivity index is 1.68. The van der Waals surface area contributed by atoms with Crippen molar-refractivity contribution in [1.29, 1.82) is 5.26 Å². The molecule has 12 heteroatoms. The number of nitriles is 1. The molecule has 0 saturated carbocycles. The van der Waals surface area contributed by atoms with Crippen LogP contribution in [0.2, 0.25) is 5.02 Å². The molecule has 0 spiro atoms. The first-order chi connectivity index (χ1) is 16.2. The lowest BCUT2D eigenvalue weighted by Crippen LogP contribution is -2.48. The van der Waals surface area contributed by atoms with Crippen LogP contribution in [0, 0.1) is 17.1 Å². The van der Waals surface area contributed by atoms with Gasteiger partial charge in [0.05, 0.1) is 17.8 Å². The molecule has 0 fully saturated rings. The van der Waals surface area contributed by atoms with Crippen molar-refractivity contribution >= 4 is 11.6 Å². The Labute approximate surface area is 195 Å². The van der Waals surface area contributed by atoms with Crippen molar-refractivity contribution in [2.45, 2.75) is 18.1 Å². The quantitative estimate of drug-likeness (QED) is 0.417. The molecule has 0 radical (unpaired) electrons. The van der Waals surface area contributed by atoms with Crippen molar-refractivity contribution in [3.8, 4) is 17.6 Å². The number of nitrogens with zero attached hydrogens (tertiary/aromatic N) is 6. The van der Waals surface area contributed by atoms with Gasteiger partial charge in [0.25, 0.3) is 0 Å². The molecule has 4 rings (SSSR count). The van der Waals surface area contributed by atoms with Crippen molar-refractivity contribution in [3.63, 3.8) is 0 Å². The molecule has 0 saturated heterocycles. The number of ether oxygens (including phenoxy) is 1. The summed E-state index contributed by atoms with van der Waals surface area (Å²) in [5.74, 6) is -4.77. The van der Waals surface area contributed by atoms with Gasteiger partial charge in [-0.15, -0.1) is 10.2 Å². The van der Waals surface area contributed by atoms with E-state index in [1.165, 1.54) is 36.4 Å². The Hall–Kier alpha value is -4.01. The molecule has 34 heavy (non-hydrogen) atoms. The zero-order valence-corrected chi connectivity index (χ0v) is 17.9. The summed E-state index contributed by atoms with van der Waals surface area (Å²) in [6.45, 7) is -0.927. The van der Waals surface area contributed by atoms with E-state index in [0.717, 1.165) is 30.7 Å². The molecule has 0 aliphatic heterocycles. The molecular formula is C22H14ClF3N6O2. The van der Waals surface area contributed by atoms with Gasteiger partial charge in [0.1, 0.15) is 29.6 Å². The molecular weight excluding hydrogens is 473 g/mol. The van der Waals surface area contributed by atoms with Gasteiger partial charge in [0.15, 0.2) is 11.9 Å². The van der Waals surface area contributed by atoms with Crippen LogP contribution in [0.3, 0.4) is 0 Å². The van der Waals surface area contributed by atoms with Gasteiger partial charge >= 0.3 is 5.92 Å². The first-order valence-corrected chi connectivity index (χ1v) is 10.0. The minimum atomic E-state index is -4.11. The largest absolute Gasteiger partial charge is 0.456 e. The third-order valence-electron chi connectivity index (χ3n) is 4.93. The van der Waals surface area contributed by atoms with E-state index in [-0.39, 0.29) is 10.8 Å². The Morgan fingerprint density at radius 1 is 1.09 bits per heavy atom. The van der Waals surface area contributed by atoms with Gasteiger partial charge in [-0.2, -0.15) is 18.8 Å². The average Bonchev–Trinajstić information content (AvgIpc) is 3.32. The fraction of sp³-hybridized carbons (Fsp3) is 0.136. The summed E-state index contributed by atoms with van der Waals surface area (Å²) in [5, 5.41) is 30.6. The number of rotatable bonds is 7. The predicted octanol–water partition coefficient (Wildman–Crippen LogP) is 4.20. The topological polar surface area (TPSA) is 110 Å². The van der Waals surface area contributed by atoms with Crippen LogP contribution in [0.15, 0.2) is 67.1 Å². The van der Waals surface area contributed by atoms with Gasteiger partial charge < -0.3 is 9.84 Å². The lowest BCUT2D eigenvalue weighted by molar-refractivity contribution is -0.209. The van der Waals surface area contributed by atoms with Crippen LogP contribution in [0.5, 0.6) is 11.5 Å². The highest BCUT2D eigenvalue weighted by atomic mass is 35.5.